The Balaban J connectivity index is 2.15. The summed E-state index contributed by atoms with van der Waals surface area (Å²) in [6.07, 6.45) is 2.23. The van der Waals surface area contributed by atoms with Crippen LogP contribution in [-0.2, 0) is 0 Å². The number of hydrazine groups is 1. The van der Waals surface area contributed by atoms with Crippen LogP contribution in [0.15, 0.2) is 29.3 Å². The van der Waals surface area contributed by atoms with Crippen LogP contribution in [0.25, 0.3) is 0 Å². The first-order valence-electron chi connectivity index (χ1n) is 5.24. The predicted molar refractivity (Wildman–Crippen MR) is 62.6 cm³/mol. The summed E-state index contributed by atoms with van der Waals surface area (Å²) < 4.78 is 12.8. The highest BCUT2D eigenvalue weighted by Crippen LogP contribution is 2.24. The van der Waals surface area contributed by atoms with Gasteiger partial charge in [0, 0.05) is 12.7 Å². The molecule has 2 rings (SSSR count). The topological polar surface area (TPSA) is 53.6 Å². The summed E-state index contributed by atoms with van der Waals surface area (Å²) in [6, 6.07) is 6.59. The lowest BCUT2D eigenvalue weighted by Gasteiger charge is -2.20. The molecule has 0 aliphatic heterocycles. The van der Waals surface area contributed by atoms with E-state index in [-0.39, 0.29) is 5.82 Å². The molecular formula is C11H15FN4. The fourth-order valence-corrected chi connectivity index (χ4v) is 1.38. The molecule has 0 amide bonds. The Morgan fingerprint density at radius 1 is 1.44 bits per heavy atom. The summed E-state index contributed by atoms with van der Waals surface area (Å²) >= 11 is 0. The monoisotopic (exact) mass is 222 g/mol. The van der Waals surface area contributed by atoms with E-state index >= 15 is 0 Å². The number of anilines is 1. The summed E-state index contributed by atoms with van der Waals surface area (Å²) in [6.45, 7) is 0. The Morgan fingerprint density at radius 3 is 2.56 bits per heavy atom. The number of rotatable bonds is 2. The molecule has 0 bridgehead atoms. The first-order valence-corrected chi connectivity index (χ1v) is 5.24. The molecule has 0 unspecified atom stereocenters. The SMILES string of the molecule is CN(C(=NC1CC1)NN)c1ccc(F)cc1. The minimum Gasteiger partial charge on any atom is -0.315 e. The Hall–Kier alpha value is -1.62. The van der Waals surface area contributed by atoms with Crippen molar-refractivity contribution in [3.05, 3.63) is 30.1 Å². The number of nitrogens with one attached hydrogen (secondary N) is 1. The van der Waals surface area contributed by atoms with Gasteiger partial charge in [-0.05, 0) is 37.1 Å². The zero-order chi connectivity index (χ0) is 11.5. The van der Waals surface area contributed by atoms with E-state index < -0.39 is 0 Å². The number of nitrogens with zero attached hydrogens (tertiary/aromatic N) is 2. The van der Waals surface area contributed by atoms with Crippen molar-refractivity contribution in [3.8, 4) is 0 Å². The van der Waals surface area contributed by atoms with Crippen LogP contribution >= 0.6 is 0 Å². The largest absolute Gasteiger partial charge is 0.315 e. The molecule has 86 valence electrons. The Labute approximate surface area is 93.9 Å². The second kappa shape index (κ2) is 4.49. The van der Waals surface area contributed by atoms with Gasteiger partial charge in [-0.25, -0.2) is 15.2 Å². The molecule has 0 saturated heterocycles. The Kier molecular flexibility index (Phi) is 3.05. The Bertz CT molecular complexity index is 383. The third kappa shape index (κ3) is 2.49. The van der Waals surface area contributed by atoms with Crippen LogP contribution < -0.4 is 16.2 Å². The molecule has 3 N–H and O–H groups in total. The maximum atomic E-state index is 12.8. The highest BCUT2D eigenvalue weighted by atomic mass is 19.1. The number of aliphatic imine (C=N–C) groups is 1. The van der Waals surface area contributed by atoms with E-state index in [1.807, 2.05) is 7.05 Å². The number of hydrogen-bond donors (Lipinski definition) is 2. The van der Waals surface area contributed by atoms with Crippen molar-refractivity contribution in [1.29, 1.82) is 0 Å². The highest BCUT2D eigenvalue weighted by Gasteiger charge is 2.22. The minimum atomic E-state index is -0.251. The second-order valence-electron chi connectivity index (χ2n) is 3.86. The van der Waals surface area contributed by atoms with E-state index in [1.54, 1.807) is 17.0 Å². The van der Waals surface area contributed by atoms with E-state index in [4.69, 9.17) is 5.84 Å². The molecule has 1 aromatic carbocycles. The van der Waals surface area contributed by atoms with Crippen LogP contribution in [0.2, 0.25) is 0 Å². The lowest BCUT2D eigenvalue weighted by Crippen LogP contribution is -2.43. The van der Waals surface area contributed by atoms with Crippen LogP contribution in [0.4, 0.5) is 10.1 Å². The van der Waals surface area contributed by atoms with Crippen molar-refractivity contribution in [2.75, 3.05) is 11.9 Å². The van der Waals surface area contributed by atoms with Crippen molar-refractivity contribution in [1.82, 2.24) is 5.43 Å². The molecule has 1 aliphatic rings. The molecule has 1 saturated carbocycles. The van der Waals surface area contributed by atoms with Gasteiger partial charge in [-0.15, -0.1) is 0 Å². The normalized spacial score (nSPS) is 16.1. The average molecular weight is 222 g/mol. The van der Waals surface area contributed by atoms with Crippen LogP contribution in [0.1, 0.15) is 12.8 Å². The lowest BCUT2D eigenvalue weighted by molar-refractivity contribution is 0.628. The van der Waals surface area contributed by atoms with Gasteiger partial charge in [-0.2, -0.15) is 0 Å². The van der Waals surface area contributed by atoms with Crippen molar-refractivity contribution in [2.45, 2.75) is 18.9 Å². The smallest absolute Gasteiger partial charge is 0.212 e. The average Bonchev–Trinajstić information content (AvgIpc) is 3.10. The highest BCUT2D eigenvalue weighted by molar-refractivity contribution is 5.95. The molecule has 0 radical (unpaired) electrons. The number of guanidine groups is 1. The van der Waals surface area contributed by atoms with Gasteiger partial charge in [0.1, 0.15) is 5.82 Å². The fourth-order valence-electron chi connectivity index (χ4n) is 1.38. The van der Waals surface area contributed by atoms with E-state index in [0.717, 1.165) is 18.5 Å². The van der Waals surface area contributed by atoms with Crippen LogP contribution in [0, 0.1) is 5.82 Å². The van der Waals surface area contributed by atoms with Gasteiger partial charge in [0.25, 0.3) is 0 Å². The summed E-state index contributed by atoms with van der Waals surface area (Å²) in [5, 5.41) is 0. The second-order valence-corrected chi connectivity index (χ2v) is 3.86. The van der Waals surface area contributed by atoms with Gasteiger partial charge in [-0.1, -0.05) is 0 Å². The standard InChI is InChI=1S/C11H15FN4/c1-16(10-6-2-8(12)3-7-10)11(15-13)14-9-4-5-9/h2-3,6-7,9H,4-5,13H2,1H3,(H,14,15). The van der Waals surface area contributed by atoms with Crippen LogP contribution in [0.5, 0.6) is 0 Å². The number of halogens is 1. The fraction of sp³-hybridized carbons (Fsp3) is 0.364. The zero-order valence-electron chi connectivity index (χ0n) is 9.15. The minimum absolute atomic E-state index is 0.251. The van der Waals surface area contributed by atoms with Gasteiger partial charge < -0.3 is 4.90 Å². The van der Waals surface area contributed by atoms with Crippen LogP contribution in [-0.4, -0.2) is 19.0 Å². The molecule has 1 fully saturated rings. The maximum Gasteiger partial charge on any atom is 0.212 e. The van der Waals surface area contributed by atoms with Gasteiger partial charge in [0.15, 0.2) is 0 Å². The molecule has 1 aromatic rings. The molecule has 0 heterocycles. The third-order valence-corrected chi connectivity index (χ3v) is 2.51. The van der Waals surface area contributed by atoms with Crippen molar-refractivity contribution < 1.29 is 4.39 Å². The van der Waals surface area contributed by atoms with Crippen LogP contribution in [0.3, 0.4) is 0 Å². The summed E-state index contributed by atoms with van der Waals surface area (Å²) in [7, 11) is 1.84. The number of benzene rings is 1. The van der Waals surface area contributed by atoms with Crippen molar-refractivity contribution >= 4 is 11.6 Å². The van der Waals surface area contributed by atoms with Gasteiger partial charge in [-0.3, -0.25) is 5.43 Å². The molecule has 0 atom stereocenters. The van der Waals surface area contributed by atoms with E-state index in [2.05, 4.69) is 10.4 Å². The summed E-state index contributed by atoms with van der Waals surface area (Å²) in [4.78, 5) is 6.22. The van der Waals surface area contributed by atoms with E-state index in [0.29, 0.717) is 12.0 Å². The lowest BCUT2D eigenvalue weighted by atomic mass is 10.3. The first kappa shape index (κ1) is 10.9. The third-order valence-electron chi connectivity index (χ3n) is 2.51. The first-order chi connectivity index (χ1) is 7.70. The number of hydrogen-bond acceptors (Lipinski definition) is 2. The van der Waals surface area contributed by atoms with Gasteiger partial charge in [0.2, 0.25) is 5.96 Å². The van der Waals surface area contributed by atoms with Gasteiger partial charge in [0.05, 0.1) is 6.04 Å². The molecule has 0 aromatic heterocycles. The van der Waals surface area contributed by atoms with E-state index in [1.165, 1.54) is 12.1 Å². The molecule has 1 aliphatic carbocycles. The molecular weight excluding hydrogens is 207 g/mol. The van der Waals surface area contributed by atoms with Crippen molar-refractivity contribution in [2.24, 2.45) is 10.8 Å². The Morgan fingerprint density at radius 2 is 2.06 bits per heavy atom. The predicted octanol–water partition coefficient (Wildman–Crippen LogP) is 1.24. The maximum absolute atomic E-state index is 12.8. The molecule has 16 heavy (non-hydrogen) atoms. The summed E-state index contributed by atoms with van der Waals surface area (Å²) in [5.41, 5.74) is 3.41. The molecule has 0 spiro atoms. The quantitative estimate of drug-likeness (QED) is 0.342. The molecule has 4 nitrogen and oxygen atoms in total. The summed E-state index contributed by atoms with van der Waals surface area (Å²) in [5.74, 6) is 5.77. The zero-order valence-corrected chi connectivity index (χ0v) is 9.15. The van der Waals surface area contributed by atoms with E-state index in [9.17, 15) is 4.39 Å². The number of nitrogens with two attached hydrogens (primary N) is 1. The molecule has 5 heteroatoms. The van der Waals surface area contributed by atoms with Crippen molar-refractivity contribution in [3.63, 3.8) is 0 Å². The van der Waals surface area contributed by atoms with Gasteiger partial charge >= 0.3 is 0 Å².